The van der Waals surface area contributed by atoms with Crippen LogP contribution in [-0.4, -0.2) is 30.1 Å². The highest BCUT2D eigenvalue weighted by Gasteiger charge is 2.32. The van der Waals surface area contributed by atoms with E-state index in [-0.39, 0.29) is 6.04 Å². The predicted octanol–water partition coefficient (Wildman–Crippen LogP) is 5.25. The van der Waals surface area contributed by atoms with Crippen LogP contribution in [0.5, 0.6) is 11.5 Å². The van der Waals surface area contributed by atoms with E-state index in [1.54, 1.807) is 14.2 Å². The summed E-state index contributed by atoms with van der Waals surface area (Å²) in [6, 6.07) is 25.9. The molecule has 0 aromatic heterocycles. The molecule has 30 heavy (non-hydrogen) atoms. The summed E-state index contributed by atoms with van der Waals surface area (Å²) in [4.78, 5) is 0. The molecule has 6 heteroatoms. The molecule has 0 fully saturated rings. The molecule has 5 nitrogen and oxygen atoms in total. The minimum atomic E-state index is -0.0131. The number of anilines is 1. The smallest absolute Gasteiger partial charge is 0.194 e. The van der Waals surface area contributed by atoms with Crippen molar-refractivity contribution in [2.24, 2.45) is 5.10 Å². The lowest BCUT2D eigenvalue weighted by molar-refractivity contribution is 0.375. The Morgan fingerprint density at radius 2 is 1.67 bits per heavy atom. The van der Waals surface area contributed by atoms with Gasteiger partial charge in [0.1, 0.15) is 11.5 Å². The molecule has 1 atom stereocenters. The zero-order chi connectivity index (χ0) is 20.9. The molecule has 0 bridgehead atoms. The highest BCUT2D eigenvalue weighted by atomic mass is 32.1. The van der Waals surface area contributed by atoms with E-state index in [0.29, 0.717) is 11.5 Å². The summed E-state index contributed by atoms with van der Waals surface area (Å²) in [6.45, 7) is 0. The third kappa shape index (κ3) is 4.14. The van der Waals surface area contributed by atoms with Gasteiger partial charge in [-0.15, -0.1) is 0 Å². The largest absolute Gasteiger partial charge is 0.497 e. The van der Waals surface area contributed by atoms with Crippen LogP contribution in [0.15, 0.2) is 84.0 Å². The first-order chi connectivity index (χ1) is 14.7. The molecule has 1 aliphatic heterocycles. The second-order valence-corrected chi connectivity index (χ2v) is 7.27. The van der Waals surface area contributed by atoms with Crippen molar-refractivity contribution in [1.29, 1.82) is 0 Å². The van der Waals surface area contributed by atoms with Gasteiger partial charge < -0.3 is 14.8 Å². The zero-order valence-electron chi connectivity index (χ0n) is 16.9. The zero-order valence-corrected chi connectivity index (χ0v) is 17.7. The number of nitrogens with one attached hydrogen (secondary N) is 1. The molecular formula is C24H23N3O2S. The second kappa shape index (κ2) is 8.97. The Labute approximate surface area is 181 Å². The first-order valence-corrected chi connectivity index (χ1v) is 10.1. The van der Waals surface area contributed by atoms with Gasteiger partial charge in [-0.05, 0) is 48.1 Å². The van der Waals surface area contributed by atoms with Crippen molar-refractivity contribution in [2.45, 2.75) is 12.5 Å². The number of thiocarbonyl (C=S) groups is 1. The first kappa shape index (κ1) is 19.9. The topological polar surface area (TPSA) is 46.1 Å². The molecule has 3 aromatic rings. The lowest BCUT2D eigenvalue weighted by Crippen LogP contribution is -2.31. The van der Waals surface area contributed by atoms with E-state index in [2.05, 4.69) is 17.4 Å². The van der Waals surface area contributed by atoms with Crippen molar-refractivity contribution in [3.63, 3.8) is 0 Å². The number of benzene rings is 3. The van der Waals surface area contributed by atoms with Crippen LogP contribution in [0.4, 0.5) is 5.69 Å². The number of nitrogens with zero attached hydrogens (tertiary/aromatic N) is 2. The number of hydrogen-bond donors (Lipinski definition) is 1. The summed E-state index contributed by atoms with van der Waals surface area (Å²) < 4.78 is 11.0. The summed E-state index contributed by atoms with van der Waals surface area (Å²) in [6.07, 6.45) is 0.699. The van der Waals surface area contributed by atoms with Gasteiger partial charge in [0.15, 0.2) is 5.11 Å². The normalized spacial score (nSPS) is 15.5. The van der Waals surface area contributed by atoms with Gasteiger partial charge in [0.2, 0.25) is 0 Å². The predicted molar refractivity (Wildman–Crippen MR) is 124 cm³/mol. The maximum absolute atomic E-state index is 5.74. The number of methoxy groups -OCH3 is 2. The summed E-state index contributed by atoms with van der Waals surface area (Å²) >= 11 is 5.74. The lowest BCUT2D eigenvalue weighted by atomic mass is 9.98. The van der Waals surface area contributed by atoms with Crippen LogP contribution in [0, 0.1) is 0 Å². The molecule has 0 aliphatic carbocycles. The van der Waals surface area contributed by atoms with Crippen LogP contribution in [0.2, 0.25) is 0 Å². The minimum Gasteiger partial charge on any atom is -0.497 e. The molecule has 1 N–H and O–H groups in total. The number of rotatable bonds is 5. The lowest BCUT2D eigenvalue weighted by Gasteiger charge is -2.24. The fraction of sp³-hybridized carbons (Fsp3) is 0.167. The Bertz CT molecular complexity index is 1050. The van der Waals surface area contributed by atoms with Gasteiger partial charge in [0.25, 0.3) is 0 Å². The van der Waals surface area contributed by atoms with Crippen LogP contribution in [0.1, 0.15) is 23.6 Å². The van der Waals surface area contributed by atoms with Crippen molar-refractivity contribution >= 4 is 28.7 Å². The van der Waals surface area contributed by atoms with Crippen LogP contribution in [0.3, 0.4) is 0 Å². The van der Waals surface area contributed by atoms with Crippen molar-refractivity contribution in [2.75, 3.05) is 19.5 Å². The third-order valence-corrected chi connectivity index (χ3v) is 5.33. The molecule has 152 valence electrons. The van der Waals surface area contributed by atoms with Crippen molar-refractivity contribution < 1.29 is 9.47 Å². The second-order valence-electron chi connectivity index (χ2n) is 6.88. The van der Waals surface area contributed by atoms with Crippen molar-refractivity contribution in [1.82, 2.24) is 5.01 Å². The standard InChI is InChI=1S/C24H23N3O2S/c1-28-19-13-14-23(29-2)20(15-19)21-16-22(17-9-5-3-6-10-17)27(26-21)24(30)25-18-11-7-4-8-12-18/h3-15,22H,16H2,1-2H3,(H,25,30). The van der Waals surface area contributed by atoms with Gasteiger partial charge in [-0.1, -0.05) is 48.5 Å². The Kier molecular flexibility index (Phi) is 5.95. The Hall–Kier alpha value is -3.38. The van der Waals surface area contributed by atoms with E-state index >= 15 is 0 Å². The molecular weight excluding hydrogens is 394 g/mol. The molecule has 0 amide bonds. The first-order valence-electron chi connectivity index (χ1n) is 9.69. The quantitative estimate of drug-likeness (QED) is 0.575. The Morgan fingerprint density at radius 1 is 0.967 bits per heavy atom. The number of hydrazone groups is 1. The molecule has 0 saturated carbocycles. The van der Waals surface area contributed by atoms with Gasteiger partial charge in [-0.2, -0.15) is 5.10 Å². The van der Waals surface area contributed by atoms with E-state index in [9.17, 15) is 0 Å². The monoisotopic (exact) mass is 417 g/mol. The van der Waals surface area contributed by atoms with E-state index in [1.807, 2.05) is 71.7 Å². The van der Waals surface area contributed by atoms with Crippen molar-refractivity contribution in [3.8, 4) is 11.5 Å². The van der Waals surface area contributed by atoms with Crippen LogP contribution >= 0.6 is 12.2 Å². The minimum absolute atomic E-state index is 0.0131. The molecule has 1 unspecified atom stereocenters. The van der Waals surface area contributed by atoms with Crippen LogP contribution in [0.25, 0.3) is 0 Å². The van der Waals surface area contributed by atoms with Gasteiger partial charge in [-0.25, -0.2) is 5.01 Å². The fourth-order valence-corrected chi connectivity index (χ4v) is 3.82. The summed E-state index contributed by atoms with van der Waals surface area (Å²) in [7, 11) is 3.31. The molecule has 0 spiro atoms. The fourth-order valence-electron chi connectivity index (χ4n) is 3.54. The average Bonchev–Trinajstić information content (AvgIpc) is 3.25. The molecule has 3 aromatic carbocycles. The highest BCUT2D eigenvalue weighted by Crippen LogP contribution is 2.36. The van der Waals surface area contributed by atoms with E-state index in [1.165, 1.54) is 0 Å². The van der Waals surface area contributed by atoms with Gasteiger partial charge >= 0.3 is 0 Å². The molecule has 1 aliphatic rings. The summed E-state index contributed by atoms with van der Waals surface area (Å²) in [5, 5.41) is 10.6. The molecule has 1 heterocycles. The average molecular weight is 418 g/mol. The number of para-hydroxylation sites is 1. The third-order valence-electron chi connectivity index (χ3n) is 5.05. The van der Waals surface area contributed by atoms with E-state index in [4.69, 9.17) is 26.8 Å². The Balaban J connectivity index is 1.71. The SMILES string of the molecule is COc1ccc(OC)c(C2=NN(C(=S)Nc3ccccc3)C(c3ccccc3)C2)c1. The van der Waals surface area contributed by atoms with E-state index < -0.39 is 0 Å². The Morgan fingerprint density at radius 3 is 2.33 bits per heavy atom. The number of hydrogen-bond acceptors (Lipinski definition) is 4. The maximum Gasteiger partial charge on any atom is 0.194 e. The van der Waals surface area contributed by atoms with Crippen LogP contribution < -0.4 is 14.8 Å². The summed E-state index contributed by atoms with van der Waals surface area (Å²) in [5.41, 5.74) is 3.88. The van der Waals surface area contributed by atoms with Crippen LogP contribution in [-0.2, 0) is 0 Å². The van der Waals surface area contributed by atoms with E-state index in [0.717, 1.165) is 34.0 Å². The number of ether oxygens (including phenoxy) is 2. The molecule has 4 rings (SSSR count). The van der Waals surface area contributed by atoms with Crippen molar-refractivity contribution in [3.05, 3.63) is 90.0 Å². The highest BCUT2D eigenvalue weighted by molar-refractivity contribution is 7.80. The summed E-state index contributed by atoms with van der Waals surface area (Å²) in [5.74, 6) is 1.51. The van der Waals surface area contributed by atoms with Gasteiger partial charge in [0, 0.05) is 17.7 Å². The molecule has 0 radical (unpaired) electrons. The van der Waals surface area contributed by atoms with Gasteiger partial charge in [-0.3, -0.25) is 0 Å². The molecule has 0 saturated heterocycles. The maximum atomic E-state index is 5.74. The van der Waals surface area contributed by atoms with Gasteiger partial charge in [0.05, 0.1) is 26.0 Å².